The molecule has 0 aliphatic rings. The summed E-state index contributed by atoms with van der Waals surface area (Å²) in [6.45, 7) is 0. The average Bonchev–Trinajstić information content (AvgIpc) is 2.63. The lowest BCUT2D eigenvalue weighted by Crippen LogP contribution is -2.16. The Bertz CT molecular complexity index is 447. The average molecular weight is 191 g/mol. The first-order chi connectivity index (χ1) is 6.31. The summed E-state index contributed by atoms with van der Waals surface area (Å²) in [6.07, 6.45) is 1.68. The van der Waals surface area contributed by atoms with Gasteiger partial charge >= 0.3 is 0 Å². The van der Waals surface area contributed by atoms with E-state index in [4.69, 9.17) is 12.2 Å². The van der Waals surface area contributed by atoms with E-state index >= 15 is 0 Å². The highest BCUT2D eigenvalue weighted by Gasteiger charge is 2.00. The van der Waals surface area contributed by atoms with Gasteiger partial charge in [-0.3, -0.25) is 0 Å². The zero-order valence-corrected chi connectivity index (χ0v) is 7.98. The summed E-state index contributed by atoms with van der Waals surface area (Å²) in [7, 11) is 1.82. The van der Waals surface area contributed by atoms with Crippen LogP contribution in [0.15, 0.2) is 24.5 Å². The molecule has 0 radical (unpaired) electrons. The number of hydrogen-bond acceptors (Lipinski definition) is 2. The Hall–Kier alpha value is -1.42. The van der Waals surface area contributed by atoms with E-state index in [1.165, 1.54) is 0 Å². The first-order valence-corrected chi connectivity index (χ1v) is 4.37. The van der Waals surface area contributed by atoms with E-state index < -0.39 is 0 Å². The summed E-state index contributed by atoms with van der Waals surface area (Å²) in [4.78, 5) is 7.91. The van der Waals surface area contributed by atoms with Gasteiger partial charge < -0.3 is 10.3 Å². The molecule has 0 saturated heterocycles. The zero-order valence-electron chi connectivity index (χ0n) is 7.16. The molecular formula is C9H9N3S. The maximum atomic E-state index is 5.11. The molecular weight excluding hydrogens is 182 g/mol. The summed E-state index contributed by atoms with van der Waals surface area (Å²) >= 11 is 5.11. The molecule has 1 aromatic heterocycles. The molecule has 3 nitrogen and oxygen atoms in total. The van der Waals surface area contributed by atoms with Crippen molar-refractivity contribution in [3.05, 3.63) is 30.1 Å². The molecule has 0 bridgehead atoms. The van der Waals surface area contributed by atoms with E-state index in [0.717, 1.165) is 21.6 Å². The lowest BCUT2D eigenvalue weighted by molar-refractivity contribution is 1.20. The van der Waals surface area contributed by atoms with E-state index in [-0.39, 0.29) is 0 Å². The molecule has 0 spiro atoms. The van der Waals surface area contributed by atoms with Crippen molar-refractivity contribution in [2.45, 2.75) is 0 Å². The number of benzene rings is 1. The number of imidazole rings is 1. The third-order valence-corrected chi connectivity index (χ3v) is 2.35. The van der Waals surface area contributed by atoms with Crippen LogP contribution in [0.25, 0.3) is 11.0 Å². The molecule has 1 aromatic carbocycles. The summed E-state index contributed by atoms with van der Waals surface area (Å²) in [5.41, 5.74) is 2.98. The van der Waals surface area contributed by atoms with Crippen LogP contribution in [0.2, 0.25) is 0 Å². The highest BCUT2D eigenvalue weighted by atomic mass is 32.1. The third-order valence-electron chi connectivity index (χ3n) is 1.91. The van der Waals surface area contributed by atoms with Crippen LogP contribution < -0.4 is 5.32 Å². The Balaban J connectivity index is 2.54. The lowest BCUT2D eigenvalue weighted by Gasteiger charge is -2.01. The van der Waals surface area contributed by atoms with Crippen LogP contribution >= 0.6 is 12.2 Å². The predicted octanol–water partition coefficient (Wildman–Crippen LogP) is 1.46. The van der Waals surface area contributed by atoms with Gasteiger partial charge in [-0.25, -0.2) is 4.98 Å². The minimum atomic E-state index is 0.747. The number of nitrogens with zero attached hydrogens (tertiary/aromatic N) is 1. The molecule has 0 aliphatic heterocycles. The molecule has 13 heavy (non-hydrogen) atoms. The van der Waals surface area contributed by atoms with Crippen molar-refractivity contribution in [1.29, 1.82) is 0 Å². The summed E-state index contributed by atoms with van der Waals surface area (Å²) < 4.78 is 0. The number of aromatic nitrogens is 2. The van der Waals surface area contributed by atoms with Crippen molar-refractivity contribution < 1.29 is 0 Å². The smallest absolute Gasteiger partial charge is 0.106 e. The molecule has 66 valence electrons. The number of nitrogens with one attached hydrogen (secondary N) is 2. The second kappa shape index (κ2) is 3.14. The van der Waals surface area contributed by atoms with Crippen molar-refractivity contribution in [3.63, 3.8) is 0 Å². The van der Waals surface area contributed by atoms with Gasteiger partial charge in [0.25, 0.3) is 0 Å². The Morgan fingerprint density at radius 2 is 2.38 bits per heavy atom. The van der Waals surface area contributed by atoms with Gasteiger partial charge in [0.05, 0.1) is 17.4 Å². The first-order valence-electron chi connectivity index (χ1n) is 3.96. The number of hydrogen-bond donors (Lipinski definition) is 2. The molecule has 0 aliphatic carbocycles. The quantitative estimate of drug-likeness (QED) is 0.670. The molecule has 0 fully saturated rings. The van der Waals surface area contributed by atoms with Gasteiger partial charge in [-0.1, -0.05) is 12.2 Å². The maximum absolute atomic E-state index is 5.11. The van der Waals surface area contributed by atoms with Crippen molar-refractivity contribution in [2.24, 2.45) is 0 Å². The molecule has 2 rings (SSSR count). The van der Waals surface area contributed by atoms with Crippen molar-refractivity contribution >= 4 is 28.2 Å². The number of H-pyrrole nitrogens is 1. The molecule has 0 atom stereocenters. The van der Waals surface area contributed by atoms with Gasteiger partial charge in [-0.15, -0.1) is 0 Å². The minimum absolute atomic E-state index is 0.747. The topological polar surface area (TPSA) is 40.7 Å². The van der Waals surface area contributed by atoms with E-state index in [9.17, 15) is 0 Å². The standard InChI is InChI=1S/C9H9N3S/c1-10-9(13)6-2-3-7-8(4-6)12-5-11-7/h2-5H,1H3,(H,10,13)(H,11,12). The van der Waals surface area contributed by atoms with Gasteiger partial charge in [0.2, 0.25) is 0 Å². The van der Waals surface area contributed by atoms with Gasteiger partial charge in [0.1, 0.15) is 4.99 Å². The molecule has 1 heterocycles. The Labute approximate surface area is 81.2 Å². The van der Waals surface area contributed by atoms with Crippen molar-refractivity contribution in [2.75, 3.05) is 7.05 Å². The molecule has 0 amide bonds. The van der Waals surface area contributed by atoms with Crippen LogP contribution in [0, 0.1) is 0 Å². The second-order valence-electron chi connectivity index (χ2n) is 2.71. The normalized spacial score (nSPS) is 10.2. The van der Waals surface area contributed by atoms with E-state index in [1.54, 1.807) is 6.33 Å². The zero-order chi connectivity index (χ0) is 9.26. The van der Waals surface area contributed by atoms with Gasteiger partial charge in [-0.2, -0.15) is 0 Å². The predicted molar refractivity (Wildman–Crippen MR) is 56.9 cm³/mol. The number of fused-ring (bicyclic) bond motifs is 1. The number of thiocarbonyl (C=S) groups is 1. The lowest BCUT2D eigenvalue weighted by atomic mass is 10.2. The monoisotopic (exact) mass is 191 g/mol. The van der Waals surface area contributed by atoms with E-state index in [2.05, 4.69) is 15.3 Å². The van der Waals surface area contributed by atoms with Crippen LogP contribution in [-0.4, -0.2) is 22.0 Å². The highest BCUT2D eigenvalue weighted by molar-refractivity contribution is 7.80. The molecule has 0 unspecified atom stereocenters. The molecule has 0 saturated carbocycles. The summed E-state index contributed by atoms with van der Waals surface area (Å²) in [5.74, 6) is 0. The third kappa shape index (κ3) is 1.40. The molecule has 2 N–H and O–H groups in total. The fourth-order valence-corrected chi connectivity index (χ4v) is 1.35. The second-order valence-corrected chi connectivity index (χ2v) is 3.12. The molecule has 4 heteroatoms. The Morgan fingerprint density at radius 3 is 3.15 bits per heavy atom. The fraction of sp³-hybridized carbons (Fsp3) is 0.111. The van der Waals surface area contributed by atoms with Crippen LogP contribution in [0.3, 0.4) is 0 Å². The van der Waals surface area contributed by atoms with Gasteiger partial charge in [0, 0.05) is 12.6 Å². The minimum Gasteiger partial charge on any atom is -0.379 e. The van der Waals surface area contributed by atoms with Crippen molar-refractivity contribution in [3.8, 4) is 0 Å². The summed E-state index contributed by atoms with van der Waals surface area (Å²) in [5, 5.41) is 2.94. The number of rotatable bonds is 1. The van der Waals surface area contributed by atoms with E-state index in [0.29, 0.717) is 0 Å². The van der Waals surface area contributed by atoms with Crippen LogP contribution in [-0.2, 0) is 0 Å². The largest absolute Gasteiger partial charge is 0.379 e. The Kier molecular flexibility index (Phi) is 1.98. The number of aromatic amines is 1. The summed E-state index contributed by atoms with van der Waals surface area (Å²) in [6, 6.07) is 5.90. The Morgan fingerprint density at radius 1 is 1.54 bits per heavy atom. The van der Waals surface area contributed by atoms with Gasteiger partial charge in [-0.05, 0) is 18.2 Å². The van der Waals surface area contributed by atoms with Crippen LogP contribution in [0.4, 0.5) is 0 Å². The molecule has 2 aromatic rings. The SMILES string of the molecule is CNC(=S)c1ccc2nc[nH]c2c1. The van der Waals surface area contributed by atoms with Crippen LogP contribution in [0.1, 0.15) is 5.56 Å². The highest BCUT2D eigenvalue weighted by Crippen LogP contribution is 2.11. The van der Waals surface area contributed by atoms with Crippen molar-refractivity contribution in [1.82, 2.24) is 15.3 Å². The maximum Gasteiger partial charge on any atom is 0.106 e. The fourth-order valence-electron chi connectivity index (χ4n) is 1.22. The van der Waals surface area contributed by atoms with E-state index in [1.807, 2.05) is 25.2 Å². The first kappa shape index (κ1) is 8.19. The van der Waals surface area contributed by atoms with Crippen LogP contribution in [0.5, 0.6) is 0 Å². The van der Waals surface area contributed by atoms with Gasteiger partial charge in [0.15, 0.2) is 0 Å².